The molecule has 1 heterocycles. The zero-order chi connectivity index (χ0) is 22.2. The molecule has 4 aromatic rings. The first-order chi connectivity index (χ1) is 15.5. The summed E-state index contributed by atoms with van der Waals surface area (Å²) in [6, 6.07) is 24.8. The number of nitrogens with one attached hydrogen (secondary N) is 1. The second-order valence-corrected chi connectivity index (χ2v) is 7.64. The fraction of sp³-hybridized carbons (Fsp3) is 0.0385. The van der Waals surface area contributed by atoms with Crippen molar-refractivity contribution in [3.63, 3.8) is 0 Å². The molecule has 5 rings (SSSR count). The van der Waals surface area contributed by atoms with Gasteiger partial charge in [0.25, 0.3) is 17.7 Å². The molecule has 0 saturated carbocycles. The van der Waals surface area contributed by atoms with Crippen LogP contribution in [-0.4, -0.2) is 22.6 Å². The molecule has 3 N–H and O–H groups in total. The number of carbonyl (C=O) groups excluding carboxylic acids is 3. The lowest BCUT2D eigenvalue weighted by Crippen LogP contribution is -2.39. The Bertz CT molecular complexity index is 1340. The number of hydrogen-bond donors (Lipinski definition) is 2. The van der Waals surface area contributed by atoms with Crippen LogP contribution in [0.4, 0.5) is 11.4 Å². The van der Waals surface area contributed by atoms with Crippen molar-refractivity contribution in [2.45, 2.75) is 6.54 Å². The highest BCUT2D eigenvalue weighted by molar-refractivity contribution is 6.25. The summed E-state index contributed by atoms with van der Waals surface area (Å²) in [5, 5.41) is 4.35. The monoisotopic (exact) mass is 421 g/mol. The van der Waals surface area contributed by atoms with Gasteiger partial charge in [-0.25, -0.2) is 0 Å². The minimum atomic E-state index is -0.319. The largest absolute Gasteiger partial charge is 0.397 e. The molecule has 0 aromatic heterocycles. The van der Waals surface area contributed by atoms with Crippen LogP contribution in [0, 0.1) is 0 Å². The maximum Gasteiger partial charge on any atom is 0.261 e. The number of amides is 3. The fourth-order valence-corrected chi connectivity index (χ4v) is 3.97. The van der Waals surface area contributed by atoms with Crippen LogP contribution in [0.1, 0.15) is 36.6 Å². The Morgan fingerprint density at radius 3 is 2.03 bits per heavy atom. The number of nitrogens with zero attached hydrogens (tertiary/aromatic N) is 1. The van der Waals surface area contributed by atoms with E-state index in [-0.39, 0.29) is 24.3 Å². The summed E-state index contributed by atoms with van der Waals surface area (Å²) in [5.74, 6) is -0.929. The van der Waals surface area contributed by atoms with Gasteiger partial charge in [0.05, 0.1) is 17.9 Å². The lowest BCUT2D eigenvalue weighted by Gasteiger charge is -2.27. The van der Waals surface area contributed by atoms with Gasteiger partial charge in [0.2, 0.25) is 0 Å². The molecule has 0 unspecified atom stereocenters. The van der Waals surface area contributed by atoms with Gasteiger partial charge in [-0.3, -0.25) is 19.3 Å². The minimum absolute atomic E-state index is 0.121. The lowest BCUT2D eigenvalue weighted by atomic mass is 9.94. The summed E-state index contributed by atoms with van der Waals surface area (Å²) in [5.41, 5.74) is 9.14. The number of imide groups is 1. The maximum absolute atomic E-state index is 13.1. The molecule has 0 saturated heterocycles. The molecule has 1 aliphatic heterocycles. The normalized spacial score (nSPS) is 12.8. The third kappa shape index (κ3) is 3.28. The van der Waals surface area contributed by atoms with E-state index in [1.165, 1.54) is 4.90 Å². The Labute approximate surface area is 184 Å². The third-order valence-electron chi connectivity index (χ3n) is 5.62. The molecular weight excluding hydrogens is 402 g/mol. The summed E-state index contributed by atoms with van der Waals surface area (Å²) in [4.78, 5) is 39.9. The van der Waals surface area contributed by atoms with Crippen molar-refractivity contribution >= 4 is 39.9 Å². The first-order valence-electron chi connectivity index (χ1n) is 10.2. The Morgan fingerprint density at radius 1 is 0.781 bits per heavy atom. The molecule has 1 aliphatic rings. The molecule has 3 amide bonds. The van der Waals surface area contributed by atoms with Crippen molar-refractivity contribution in [1.29, 1.82) is 0 Å². The van der Waals surface area contributed by atoms with Crippen molar-refractivity contribution in [3.05, 3.63) is 107 Å². The Hall–Kier alpha value is -4.45. The highest BCUT2D eigenvalue weighted by atomic mass is 16.2. The zero-order valence-electron chi connectivity index (χ0n) is 17.0. The molecular formula is C26H19N3O3. The minimum Gasteiger partial charge on any atom is -0.397 e. The molecule has 0 bridgehead atoms. The highest BCUT2D eigenvalue weighted by Crippen LogP contribution is 2.30. The van der Waals surface area contributed by atoms with Crippen molar-refractivity contribution in [3.8, 4) is 0 Å². The predicted molar refractivity (Wildman–Crippen MR) is 123 cm³/mol. The third-order valence-corrected chi connectivity index (χ3v) is 5.62. The quantitative estimate of drug-likeness (QED) is 0.376. The summed E-state index contributed by atoms with van der Waals surface area (Å²) < 4.78 is 0. The van der Waals surface area contributed by atoms with Crippen LogP contribution in [0.2, 0.25) is 0 Å². The smallest absolute Gasteiger partial charge is 0.261 e. The van der Waals surface area contributed by atoms with E-state index in [4.69, 9.17) is 5.73 Å². The Kier molecular flexibility index (Phi) is 4.67. The fourth-order valence-electron chi connectivity index (χ4n) is 3.97. The van der Waals surface area contributed by atoms with Crippen LogP contribution in [0.3, 0.4) is 0 Å². The Balaban J connectivity index is 1.37. The average molecular weight is 421 g/mol. The first kappa shape index (κ1) is 19.5. The topological polar surface area (TPSA) is 92.5 Å². The van der Waals surface area contributed by atoms with Gasteiger partial charge in [0, 0.05) is 22.1 Å². The van der Waals surface area contributed by atoms with Gasteiger partial charge in [-0.1, -0.05) is 48.5 Å². The molecule has 6 heteroatoms. The molecule has 0 spiro atoms. The van der Waals surface area contributed by atoms with Crippen molar-refractivity contribution < 1.29 is 14.4 Å². The average Bonchev–Trinajstić information content (AvgIpc) is 2.82. The van der Waals surface area contributed by atoms with E-state index in [1.807, 2.05) is 24.3 Å². The first-order valence-corrected chi connectivity index (χ1v) is 10.2. The summed E-state index contributed by atoms with van der Waals surface area (Å²) >= 11 is 0. The molecule has 32 heavy (non-hydrogen) atoms. The van der Waals surface area contributed by atoms with Crippen LogP contribution in [0.25, 0.3) is 10.8 Å². The number of nitrogens with two attached hydrogens (primary N) is 1. The number of benzene rings is 4. The number of hydrogen-bond acceptors (Lipinski definition) is 4. The molecule has 0 radical (unpaired) electrons. The van der Waals surface area contributed by atoms with E-state index in [0.717, 1.165) is 10.9 Å². The Morgan fingerprint density at radius 2 is 1.41 bits per heavy atom. The molecule has 0 fully saturated rings. The van der Waals surface area contributed by atoms with Crippen LogP contribution >= 0.6 is 0 Å². The molecule has 156 valence electrons. The van der Waals surface area contributed by atoms with Crippen LogP contribution < -0.4 is 11.1 Å². The number of rotatable bonds is 4. The van der Waals surface area contributed by atoms with Crippen molar-refractivity contribution in [1.82, 2.24) is 4.90 Å². The van der Waals surface area contributed by atoms with Gasteiger partial charge in [0.1, 0.15) is 0 Å². The maximum atomic E-state index is 13.1. The van der Waals surface area contributed by atoms with Crippen molar-refractivity contribution in [2.75, 3.05) is 11.1 Å². The molecule has 4 aromatic carbocycles. The van der Waals surface area contributed by atoms with Crippen LogP contribution in [-0.2, 0) is 6.54 Å². The lowest BCUT2D eigenvalue weighted by molar-refractivity contribution is 0.0598. The number of nitrogen functional groups attached to an aromatic ring is 1. The van der Waals surface area contributed by atoms with Crippen LogP contribution in [0.5, 0.6) is 0 Å². The van der Waals surface area contributed by atoms with E-state index in [1.54, 1.807) is 60.7 Å². The van der Waals surface area contributed by atoms with E-state index in [0.29, 0.717) is 33.5 Å². The van der Waals surface area contributed by atoms with Crippen molar-refractivity contribution in [2.24, 2.45) is 0 Å². The second-order valence-electron chi connectivity index (χ2n) is 7.64. The van der Waals surface area contributed by atoms with E-state index in [2.05, 4.69) is 5.32 Å². The van der Waals surface area contributed by atoms with E-state index in [9.17, 15) is 14.4 Å². The molecule has 0 atom stereocenters. The van der Waals surface area contributed by atoms with Crippen LogP contribution in [0.15, 0.2) is 84.9 Å². The molecule has 0 aliphatic carbocycles. The number of para-hydroxylation sites is 2. The van der Waals surface area contributed by atoms with Gasteiger partial charge >= 0.3 is 0 Å². The van der Waals surface area contributed by atoms with Gasteiger partial charge in [-0.15, -0.1) is 0 Å². The van der Waals surface area contributed by atoms with Gasteiger partial charge in [0.15, 0.2) is 0 Å². The van der Waals surface area contributed by atoms with E-state index < -0.39 is 0 Å². The number of anilines is 2. The van der Waals surface area contributed by atoms with E-state index >= 15 is 0 Å². The van der Waals surface area contributed by atoms with Gasteiger partial charge in [-0.2, -0.15) is 0 Å². The summed E-state index contributed by atoms with van der Waals surface area (Å²) in [6.07, 6.45) is 0. The zero-order valence-corrected chi connectivity index (χ0v) is 17.0. The standard InChI is InChI=1S/C26H19N3O3/c27-21-9-1-2-10-22(21)28-24(30)18-13-11-16(12-14-18)15-29-25(31)19-7-3-5-17-6-4-8-20(23(17)19)26(29)32/h1-14H,15,27H2,(H,28,30). The number of carbonyl (C=O) groups is 3. The predicted octanol–water partition coefficient (Wildman–Crippen LogP) is 4.47. The SMILES string of the molecule is Nc1ccccc1NC(=O)c1ccc(CN2C(=O)c3cccc4cccc(c34)C2=O)cc1. The second kappa shape index (κ2) is 7.67. The van der Waals surface area contributed by atoms with Gasteiger partial charge < -0.3 is 11.1 Å². The molecule has 6 nitrogen and oxygen atoms in total. The summed E-state index contributed by atoms with van der Waals surface area (Å²) in [6.45, 7) is 0.121. The highest BCUT2D eigenvalue weighted by Gasteiger charge is 2.32. The van der Waals surface area contributed by atoms with Gasteiger partial charge in [-0.05, 0) is 47.3 Å². The summed E-state index contributed by atoms with van der Waals surface area (Å²) in [7, 11) is 0.